The highest BCUT2D eigenvalue weighted by atomic mass is 16.1. The second-order valence-corrected chi connectivity index (χ2v) is 4.75. The summed E-state index contributed by atoms with van der Waals surface area (Å²) in [7, 11) is 0. The fourth-order valence-corrected chi connectivity index (χ4v) is 2.27. The van der Waals surface area contributed by atoms with Crippen molar-refractivity contribution in [2.75, 3.05) is 22.9 Å². The van der Waals surface area contributed by atoms with Crippen LogP contribution in [0.5, 0.6) is 0 Å². The highest BCUT2D eigenvalue weighted by Crippen LogP contribution is 2.30. The molecule has 2 heterocycles. The topological polar surface area (TPSA) is 109 Å². The molecule has 0 unspecified atom stereocenters. The van der Waals surface area contributed by atoms with Gasteiger partial charge in [-0.1, -0.05) is 0 Å². The average molecular weight is 272 g/mol. The van der Waals surface area contributed by atoms with Crippen molar-refractivity contribution < 1.29 is 4.79 Å². The predicted molar refractivity (Wildman–Crippen MR) is 76.4 cm³/mol. The fourth-order valence-electron chi connectivity index (χ4n) is 2.27. The van der Waals surface area contributed by atoms with Crippen molar-refractivity contribution in [2.45, 2.75) is 19.3 Å². The molecule has 0 fully saturated rings. The van der Waals surface area contributed by atoms with Crippen LogP contribution in [0, 0.1) is 0 Å². The van der Waals surface area contributed by atoms with Crippen molar-refractivity contribution in [3.63, 3.8) is 0 Å². The highest BCUT2D eigenvalue weighted by Gasteiger charge is 2.16. The van der Waals surface area contributed by atoms with Crippen molar-refractivity contribution in [3.05, 3.63) is 29.8 Å². The van der Waals surface area contributed by atoms with E-state index in [1.807, 2.05) is 12.1 Å². The van der Waals surface area contributed by atoms with Gasteiger partial charge < -0.3 is 16.4 Å². The second kappa shape index (κ2) is 5.20. The first-order chi connectivity index (χ1) is 9.72. The number of nitrogen functional groups attached to an aromatic ring is 1. The standard InChI is InChI=1S/C13H16N6O/c14-9-6-10-8(1-2-13(20)18-10)5-11(9)15-4-3-12-16-7-17-19-12/h5-7,15H,1-4,14H2,(H,18,20)(H,16,17,19). The van der Waals surface area contributed by atoms with Crippen LogP contribution in [0.15, 0.2) is 18.5 Å². The van der Waals surface area contributed by atoms with Crippen molar-refractivity contribution >= 4 is 23.0 Å². The predicted octanol–water partition coefficient (Wildman–Crippen LogP) is 0.926. The Balaban J connectivity index is 1.69. The van der Waals surface area contributed by atoms with Crippen LogP contribution in [-0.2, 0) is 17.6 Å². The summed E-state index contributed by atoms with van der Waals surface area (Å²) in [5.74, 6) is 0.879. The van der Waals surface area contributed by atoms with E-state index in [-0.39, 0.29) is 5.91 Å². The third kappa shape index (κ3) is 2.56. The quantitative estimate of drug-likeness (QED) is 0.619. The van der Waals surface area contributed by atoms with Crippen LogP contribution in [0.2, 0.25) is 0 Å². The molecule has 5 N–H and O–H groups in total. The number of anilines is 3. The molecule has 0 spiro atoms. The van der Waals surface area contributed by atoms with Crippen molar-refractivity contribution in [3.8, 4) is 0 Å². The van der Waals surface area contributed by atoms with Gasteiger partial charge in [0.25, 0.3) is 0 Å². The Morgan fingerprint density at radius 3 is 3.05 bits per heavy atom. The molecular formula is C13H16N6O. The van der Waals surface area contributed by atoms with Gasteiger partial charge in [-0.15, -0.1) is 0 Å². The molecule has 0 saturated heterocycles. The lowest BCUT2D eigenvalue weighted by atomic mass is 10.0. The van der Waals surface area contributed by atoms with Crippen molar-refractivity contribution in [1.29, 1.82) is 0 Å². The van der Waals surface area contributed by atoms with Gasteiger partial charge in [0, 0.05) is 25.1 Å². The van der Waals surface area contributed by atoms with E-state index < -0.39 is 0 Å². The molecule has 7 heteroatoms. The number of aromatic amines is 1. The van der Waals surface area contributed by atoms with Gasteiger partial charge in [0.2, 0.25) is 5.91 Å². The molecule has 1 amide bonds. The molecule has 2 aromatic rings. The van der Waals surface area contributed by atoms with Gasteiger partial charge in [0.1, 0.15) is 12.2 Å². The van der Waals surface area contributed by atoms with Gasteiger partial charge in [-0.05, 0) is 24.1 Å². The van der Waals surface area contributed by atoms with Gasteiger partial charge >= 0.3 is 0 Å². The number of nitrogens with two attached hydrogens (primary N) is 1. The van der Waals surface area contributed by atoms with Crippen LogP contribution in [0.3, 0.4) is 0 Å². The number of H-pyrrole nitrogens is 1. The summed E-state index contributed by atoms with van der Waals surface area (Å²) in [6, 6.07) is 3.81. The lowest BCUT2D eigenvalue weighted by Gasteiger charge is -2.19. The molecule has 0 saturated carbocycles. The Kier molecular flexibility index (Phi) is 3.24. The fraction of sp³-hybridized carbons (Fsp3) is 0.308. The minimum Gasteiger partial charge on any atom is -0.397 e. The number of hydrogen-bond acceptors (Lipinski definition) is 5. The molecular weight excluding hydrogens is 256 g/mol. The smallest absolute Gasteiger partial charge is 0.224 e. The largest absolute Gasteiger partial charge is 0.397 e. The Morgan fingerprint density at radius 2 is 2.25 bits per heavy atom. The maximum Gasteiger partial charge on any atom is 0.224 e. The molecule has 104 valence electrons. The maximum absolute atomic E-state index is 11.3. The number of amides is 1. The third-order valence-corrected chi connectivity index (χ3v) is 3.31. The second-order valence-electron chi connectivity index (χ2n) is 4.75. The van der Waals surface area contributed by atoms with Gasteiger partial charge in [0.15, 0.2) is 0 Å². The molecule has 1 aromatic heterocycles. The lowest BCUT2D eigenvalue weighted by molar-refractivity contribution is -0.116. The maximum atomic E-state index is 11.3. The van der Waals surface area contributed by atoms with Crippen molar-refractivity contribution in [2.24, 2.45) is 0 Å². The van der Waals surface area contributed by atoms with Gasteiger partial charge in [0.05, 0.1) is 11.4 Å². The molecule has 1 aliphatic rings. The molecule has 1 aliphatic heterocycles. The minimum absolute atomic E-state index is 0.0444. The zero-order valence-electron chi connectivity index (χ0n) is 10.9. The number of nitrogens with zero attached hydrogens (tertiary/aromatic N) is 2. The number of aromatic nitrogens is 3. The Hall–Kier alpha value is -2.57. The summed E-state index contributed by atoms with van der Waals surface area (Å²) in [4.78, 5) is 15.4. The molecule has 0 atom stereocenters. The SMILES string of the molecule is Nc1cc2c(cc1NCCc1ncn[nH]1)CCC(=O)N2. The summed E-state index contributed by atoms with van der Waals surface area (Å²) < 4.78 is 0. The number of fused-ring (bicyclic) bond motifs is 1. The highest BCUT2D eigenvalue weighted by molar-refractivity contribution is 5.95. The monoisotopic (exact) mass is 272 g/mol. The van der Waals surface area contributed by atoms with Crippen molar-refractivity contribution in [1.82, 2.24) is 15.2 Å². The number of carbonyl (C=O) groups is 1. The summed E-state index contributed by atoms with van der Waals surface area (Å²) in [5.41, 5.74) is 9.45. The zero-order chi connectivity index (χ0) is 13.9. The molecule has 1 aromatic carbocycles. The average Bonchev–Trinajstić information content (AvgIpc) is 2.93. The van der Waals surface area contributed by atoms with E-state index in [1.165, 1.54) is 6.33 Å². The minimum atomic E-state index is 0.0444. The Bertz CT molecular complexity index is 622. The van der Waals surface area contributed by atoms with Gasteiger partial charge in [-0.2, -0.15) is 5.10 Å². The number of carbonyl (C=O) groups excluding carboxylic acids is 1. The molecule has 7 nitrogen and oxygen atoms in total. The van der Waals surface area contributed by atoms with Crippen LogP contribution in [0.4, 0.5) is 17.1 Å². The first kappa shape index (κ1) is 12.5. The summed E-state index contributed by atoms with van der Waals surface area (Å²) in [5, 5.41) is 12.7. The van der Waals surface area contributed by atoms with E-state index >= 15 is 0 Å². The van der Waals surface area contributed by atoms with E-state index in [9.17, 15) is 4.79 Å². The molecule has 20 heavy (non-hydrogen) atoms. The molecule has 0 radical (unpaired) electrons. The first-order valence-electron chi connectivity index (χ1n) is 6.53. The third-order valence-electron chi connectivity index (χ3n) is 3.31. The lowest BCUT2D eigenvalue weighted by Crippen LogP contribution is -2.19. The number of hydrogen-bond donors (Lipinski definition) is 4. The number of benzene rings is 1. The zero-order valence-corrected chi connectivity index (χ0v) is 10.9. The number of aryl methyl sites for hydroxylation is 1. The van der Waals surface area contributed by atoms with E-state index in [4.69, 9.17) is 5.73 Å². The van der Waals surface area contributed by atoms with E-state index in [1.54, 1.807) is 0 Å². The van der Waals surface area contributed by atoms with E-state index in [0.29, 0.717) is 18.7 Å². The molecule has 0 bridgehead atoms. The van der Waals surface area contributed by atoms with Crippen LogP contribution in [-0.4, -0.2) is 27.6 Å². The number of nitrogens with one attached hydrogen (secondary N) is 3. The summed E-state index contributed by atoms with van der Waals surface area (Å²) >= 11 is 0. The summed E-state index contributed by atoms with van der Waals surface area (Å²) in [6.07, 6.45) is 3.51. The first-order valence-corrected chi connectivity index (χ1v) is 6.53. The van der Waals surface area contributed by atoms with Gasteiger partial charge in [-0.3, -0.25) is 9.89 Å². The van der Waals surface area contributed by atoms with E-state index in [0.717, 1.165) is 35.6 Å². The Morgan fingerprint density at radius 1 is 1.35 bits per heavy atom. The van der Waals surface area contributed by atoms with Crippen LogP contribution < -0.4 is 16.4 Å². The van der Waals surface area contributed by atoms with Crippen LogP contribution in [0.25, 0.3) is 0 Å². The number of rotatable bonds is 4. The van der Waals surface area contributed by atoms with Crippen LogP contribution >= 0.6 is 0 Å². The molecule has 3 rings (SSSR count). The van der Waals surface area contributed by atoms with E-state index in [2.05, 4.69) is 25.8 Å². The Labute approximate surface area is 116 Å². The normalized spacial score (nSPS) is 13.7. The molecule has 0 aliphatic carbocycles. The van der Waals surface area contributed by atoms with Crippen LogP contribution in [0.1, 0.15) is 17.8 Å². The summed E-state index contributed by atoms with van der Waals surface area (Å²) in [6.45, 7) is 0.713. The van der Waals surface area contributed by atoms with Gasteiger partial charge in [-0.25, -0.2) is 4.98 Å².